The van der Waals surface area contributed by atoms with Gasteiger partial charge in [-0.3, -0.25) is 9.59 Å². The molecule has 2 aromatic carbocycles. The average Bonchev–Trinajstić information content (AvgIpc) is 3.27. The maximum atomic E-state index is 12.5. The molecule has 3 N–H and O–H groups in total. The summed E-state index contributed by atoms with van der Waals surface area (Å²) >= 11 is 0. The number of nitrogens with one attached hydrogen (secondary N) is 1. The highest BCUT2D eigenvalue weighted by molar-refractivity contribution is 5.85. The van der Waals surface area contributed by atoms with Crippen LogP contribution in [0.4, 0.5) is 5.69 Å². The van der Waals surface area contributed by atoms with Crippen molar-refractivity contribution in [3.63, 3.8) is 0 Å². The van der Waals surface area contributed by atoms with Gasteiger partial charge in [-0.1, -0.05) is 37.3 Å². The van der Waals surface area contributed by atoms with Crippen LogP contribution in [0.1, 0.15) is 43.4 Å². The first-order valence-electron chi connectivity index (χ1n) is 10.2. The Hall–Kier alpha value is -2.73. The van der Waals surface area contributed by atoms with Gasteiger partial charge in [0.25, 0.3) is 5.91 Å². The number of para-hydroxylation sites is 1. The number of rotatable bonds is 8. The molecule has 1 atom stereocenters. The quantitative estimate of drug-likeness (QED) is 0.626. The zero-order valence-electron chi connectivity index (χ0n) is 17.3. The van der Waals surface area contributed by atoms with Gasteiger partial charge < -0.3 is 20.7 Å². The standard InChI is InChI=1S/C23H29N3O3.ClH/c1-2-20(25-22(27)15-17-9-11-18(24)12-10-17)19-7-3-4-8-21(19)29-16-23(28)26-13-5-6-14-26;/h3-4,7-12,20H,2,5-6,13-16,24H2,1H3,(H,25,27);1H. The van der Waals surface area contributed by atoms with Crippen LogP contribution in [0.3, 0.4) is 0 Å². The summed E-state index contributed by atoms with van der Waals surface area (Å²) < 4.78 is 5.85. The maximum Gasteiger partial charge on any atom is 0.260 e. The highest BCUT2D eigenvalue weighted by Crippen LogP contribution is 2.27. The van der Waals surface area contributed by atoms with Gasteiger partial charge in [-0.25, -0.2) is 0 Å². The molecule has 3 rings (SSSR count). The summed E-state index contributed by atoms with van der Waals surface area (Å²) in [5.74, 6) is 0.585. The normalized spacial score (nSPS) is 14.0. The molecule has 30 heavy (non-hydrogen) atoms. The Morgan fingerprint density at radius 1 is 1.10 bits per heavy atom. The third kappa shape index (κ3) is 6.39. The van der Waals surface area contributed by atoms with E-state index in [-0.39, 0.29) is 43.3 Å². The molecule has 0 aromatic heterocycles. The van der Waals surface area contributed by atoms with E-state index in [1.807, 2.05) is 48.2 Å². The van der Waals surface area contributed by atoms with Gasteiger partial charge in [-0.05, 0) is 43.0 Å². The van der Waals surface area contributed by atoms with Crippen LogP contribution in [0.2, 0.25) is 0 Å². The molecule has 2 aromatic rings. The van der Waals surface area contributed by atoms with Gasteiger partial charge in [0.05, 0.1) is 12.5 Å². The van der Waals surface area contributed by atoms with E-state index in [2.05, 4.69) is 5.32 Å². The van der Waals surface area contributed by atoms with E-state index < -0.39 is 0 Å². The van der Waals surface area contributed by atoms with Crippen molar-refractivity contribution >= 4 is 29.9 Å². The fraction of sp³-hybridized carbons (Fsp3) is 0.391. The van der Waals surface area contributed by atoms with Crippen molar-refractivity contribution in [2.75, 3.05) is 25.4 Å². The second kappa shape index (κ2) is 11.5. The lowest BCUT2D eigenvalue weighted by Crippen LogP contribution is -2.33. The van der Waals surface area contributed by atoms with E-state index in [1.54, 1.807) is 12.1 Å². The van der Waals surface area contributed by atoms with Gasteiger partial charge in [0, 0.05) is 24.3 Å². The smallest absolute Gasteiger partial charge is 0.260 e. The lowest BCUT2D eigenvalue weighted by atomic mass is 10.0. The molecule has 0 spiro atoms. The first kappa shape index (κ1) is 23.5. The Balaban J connectivity index is 0.00000320. The van der Waals surface area contributed by atoms with Crippen LogP contribution >= 0.6 is 12.4 Å². The number of carbonyl (C=O) groups is 2. The Morgan fingerprint density at radius 3 is 2.43 bits per heavy atom. The van der Waals surface area contributed by atoms with E-state index in [9.17, 15) is 9.59 Å². The number of hydrogen-bond acceptors (Lipinski definition) is 4. The lowest BCUT2D eigenvalue weighted by molar-refractivity contribution is -0.132. The van der Waals surface area contributed by atoms with Crippen molar-refractivity contribution in [1.82, 2.24) is 10.2 Å². The zero-order chi connectivity index (χ0) is 20.6. The second-order valence-corrected chi connectivity index (χ2v) is 7.36. The van der Waals surface area contributed by atoms with Crippen molar-refractivity contribution in [2.24, 2.45) is 0 Å². The number of nitrogens with two attached hydrogens (primary N) is 1. The number of ether oxygens (including phenoxy) is 1. The van der Waals surface area contributed by atoms with E-state index in [4.69, 9.17) is 10.5 Å². The third-order valence-electron chi connectivity index (χ3n) is 5.19. The lowest BCUT2D eigenvalue weighted by Gasteiger charge is -2.22. The zero-order valence-corrected chi connectivity index (χ0v) is 18.1. The predicted molar refractivity (Wildman–Crippen MR) is 121 cm³/mol. The van der Waals surface area contributed by atoms with E-state index in [0.717, 1.165) is 37.1 Å². The Labute approximate surface area is 184 Å². The minimum absolute atomic E-state index is 0. The number of hydrogen-bond donors (Lipinski definition) is 2. The van der Waals surface area contributed by atoms with Gasteiger partial charge >= 0.3 is 0 Å². The molecule has 1 aliphatic rings. The Morgan fingerprint density at radius 2 is 1.77 bits per heavy atom. The summed E-state index contributed by atoms with van der Waals surface area (Å²) in [6, 6.07) is 14.7. The number of amides is 2. The van der Waals surface area contributed by atoms with E-state index in [0.29, 0.717) is 17.9 Å². The highest BCUT2D eigenvalue weighted by atomic mass is 35.5. The third-order valence-corrected chi connectivity index (χ3v) is 5.19. The number of nitrogens with zero attached hydrogens (tertiary/aromatic N) is 1. The largest absolute Gasteiger partial charge is 0.483 e. The molecule has 0 radical (unpaired) electrons. The Bertz CT molecular complexity index is 836. The molecule has 1 fully saturated rings. The van der Waals surface area contributed by atoms with E-state index >= 15 is 0 Å². The summed E-state index contributed by atoms with van der Waals surface area (Å²) in [5, 5.41) is 3.08. The van der Waals surface area contributed by atoms with Crippen molar-refractivity contribution in [1.29, 1.82) is 0 Å². The van der Waals surface area contributed by atoms with Crippen LogP contribution in [-0.2, 0) is 16.0 Å². The van der Waals surface area contributed by atoms with Crippen LogP contribution in [0.5, 0.6) is 5.75 Å². The molecule has 1 unspecified atom stereocenters. The SMILES string of the molecule is CCC(NC(=O)Cc1ccc(N)cc1)c1ccccc1OCC(=O)N1CCCC1.Cl. The number of halogens is 1. The summed E-state index contributed by atoms with van der Waals surface area (Å²) in [6.45, 7) is 3.65. The van der Waals surface area contributed by atoms with Gasteiger partial charge in [0.1, 0.15) is 5.75 Å². The molecular weight excluding hydrogens is 402 g/mol. The van der Waals surface area contributed by atoms with Crippen LogP contribution < -0.4 is 15.8 Å². The molecule has 0 bridgehead atoms. The molecule has 0 saturated carbocycles. The molecule has 1 aliphatic heterocycles. The van der Waals surface area contributed by atoms with Crippen molar-refractivity contribution in [2.45, 2.75) is 38.6 Å². The van der Waals surface area contributed by atoms with Crippen molar-refractivity contribution < 1.29 is 14.3 Å². The number of likely N-dealkylation sites (tertiary alicyclic amines) is 1. The highest BCUT2D eigenvalue weighted by Gasteiger charge is 2.21. The number of benzene rings is 2. The minimum atomic E-state index is -0.186. The minimum Gasteiger partial charge on any atom is -0.483 e. The molecular formula is C23H30ClN3O3. The molecule has 7 heteroatoms. The second-order valence-electron chi connectivity index (χ2n) is 7.36. The molecule has 1 heterocycles. The fourth-order valence-electron chi connectivity index (χ4n) is 3.56. The topological polar surface area (TPSA) is 84.7 Å². The number of nitrogen functional groups attached to an aromatic ring is 1. The maximum absolute atomic E-state index is 12.5. The van der Waals surface area contributed by atoms with Gasteiger partial charge in [0.2, 0.25) is 5.91 Å². The fourth-order valence-corrected chi connectivity index (χ4v) is 3.56. The van der Waals surface area contributed by atoms with Crippen molar-refractivity contribution in [3.05, 3.63) is 59.7 Å². The molecule has 6 nitrogen and oxygen atoms in total. The average molecular weight is 432 g/mol. The monoisotopic (exact) mass is 431 g/mol. The molecule has 2 amide bonds. The van der Waals surface area contributed by atoms with Gasteiger partial charge in [-0.2, -0.15) is 0 Å². The van der Waals surface area contributed by atoms with E-state index in [1.165, 1.54) is 0 Å². The number of anilines is 1. The van der Waals surface area contributed by atoms with Crippen LogP contribution in [-0.4, -0.2) is 36.4 Å². The number of carbonyl (C=O) groups excluding carboxylic acids is 2. The summed E-state index contributed by atoms with van der Waals surface area (Å²) in [5.41, 5.74) is 8.17. The van der Waals surface area contributed by atoms with Crippen LogP contribution in [0.25, 0.3) is 0 Å². The first-order chi connectivity index (χ1) is 14.1. The predicted octanol–water partition coefficient (Wildman–Crippen LogP) is 3.50. The summed E-state index contributed by atoms with van der Waals surface area (Å²) in [4.78, 5) is 26.7. The van der Waals surface area contributed by atoms with Crippen LogP contribution in [0.15, 0.2) is 48.5 Å². The Kier molecular flexibility index (Phi) is 8.99. The first-order valence-corrected chi connectivity index (χ1v) is 10.2. The van der Waals surface area contributed by atoms with Gasteiger partial charge in [-0.15, -0.1) is 12.4 Å². The molecule has 162 valence electrons. The molecule has 0 aliphatic carbocycles. The van der Waals surface area contributed by atoms with Gasteiger partial charge in [0.15, 0.2) is 6.61 Å². The molecule has 1 saturated heterocycles. The van der Waals surface area contributed by atoms with Crippen molar-refractivity contribution in [3.8, 4) is 5.75 Å². The summed E-state index contributed by atoms with van der Waals surface area (Å²) in [6.07, 6.45) is 3.11. The van der Waals surface area contributed by atoms with Crippen LogP contribution in [0, 0.1) is 0 Å². The summed E-state index contributed by atoms with van der Waals surface area (Å²) in [7, 11) is 0.